The van der Waals surface area contributed by atoms with Crippen LogP contribution in [0.1, 0.15) is 25.8 Å². The zero-order valence-electron chi connectivity index (χ0n) is 12.4. The van der Waals surface area contributed by atoms with Gasteiger partial charge in [0.1, 0.15) is 5.82 Å². The van der Waals surface area contributed by atoms with Gasteiger partial charge in [-0.1, -0.05) is 13.0 Å². The van der Waals surface area contributed by atoms with Crippen molar-refractivity contribution in [2.24, 2.45) is 4.99 Å². The second-order valence-corrected chi connectivity index (χ2v) is 4.50. The van der Waals surface area contributed by atoms with Gasteiger partial charge in [-0.15, -0.1) is 0 Å². The van der Waals surface area contributed by atoms with Crippen molar-refractivity contribution < 1.29 is 0 Å². The minimum absolute atomic E-state index is 0.625. The largest absolute Gasteiger partial charge is 0.362 e. The molecule has 2 N–H and O–H groups in total. The molecule has 0 unspecified atom stereocenters. The Bertz CT molecular complexity index is 401. The number of aromatic nitrogens is 1. The molecule has 1 rings (SSSR count). The normalized spacial score (nSPS) is 11.3. The van der Waals surface area contributed by atoms with Crippen LogP contribution in [0.15, 0.2) is 23.3 Å². The Morgan fingerprint density at radius 2 is 2.11 bits per heavy atom. The fraction of sp³-hybridized carbons (Fsp3) is 0.571. The first-order valence-corrected chi connectivity index (χ1v) is 6.82. The van der Waals surface area contributed by atoms with Gasteiger partial charge in [-0.05, 0) is 19.4 Å². The third-order valence-electron chi connectivity index (χ3n) is 2.59. The lowest BCUT2D eigenvalue weighted by atomic mass is 10.2. The summed E-state index contributed by atoms with van der Waals surface area (Å²) in [6.45, 7) is 6.63. The standard InChI is InChI=1S/C14H25N5/c1-5-9-17-14(15-6-2)18-11-12-8-7-10-16-13(12)19(3)4/h7-8,10H,5-6,9,11H2,1-4H3,(H2,15,17,18). The van der Waals surface area contributed by atoms with Crippen molar-refractivity contribution in [3.8, 4) is 0 Å². The number of guanidine groups is 1. The number of pyridine rings is 1. The Morgan fingerprint density at radius 1 is 1.32 bits per heavy atom. The SMILES string of the molecule is CCCNC(=NCc1cccnc1N(C)C)NCC. The van der Waals surface area contributed by atoms with Crippen molar-refractivity contribution in [2.45, 2.75) is 26.8 Å². The van der Waals surface area contributed by atoms with Crippen LogP contribution in [0.2, 0.25) is 0 Å². The number of hydrogen-bond acceptors (Lipinski definition) is 3. The van der Waals surface area contributed by atoms with Crippen LogP contribution < -0.4 is 15.5 Å². The minimum atomic E-state index is 0.625. The van der Waals surface area contributed by atoms with Crippen LogP contribution in [0.25, 0.3) is 0 Å². The molecule has 0 bridgehead atoms. The fourth-order valence-electron chi connectivity index (χ4n) is 1.71. The first kappa shape index (κ1) is 15.3. The smallest absolute Gasteiger partial charge is 0.191 e. The maximum atomic E-state index is 4.59. The van der Waals surface area contributed by atoms with E-state index in [0.717, 1.165) is 36.9 Å². The molecule has 0 aromatic carbocycles. The lowest BCUT2D eigenvalue weighted by Gasteiger charge is -2.15. The molecule has 5 heteroatoms. The van der Waals surface area contributed by atoms with Crippen molar-refractivity contribution in [3.05, 3.63) is 23.9 Å². The van der Waals surface area contributed by atoms with Crippen LogP contribution in [0, 0.1) is 0 Å². The quantitative estimate of drug-likeness (QED) is 0.605. The van der Waals surface area contributed by atoms with E-state index >= 15 is 0 Å². The van der Waals surface area contributed by atoms with Gasteiger partial charge in [-0.2, -0.15) is 0 Å². The van der Waals surface area contributed by atoms with E-state index in [1.165, 1.54) is 0 Å². The molecular formula is C14H25N5. The zero-order chi connectivity index (χ0) is 14.1. The van der Waals surface area contributed by atoms with Crippen LogP contribution in [-0.4, -0.2) is 38.1 Å². The molecule has 1 aromatic heterocycles. The van der Waals surface area contributed by atoms with Gasteiger partial charge >= 0.3 is 0 Å². The molecule has 0 radical (unpaired) electrons. The highest BCUT2D eigenvalue weighted by Crippen LogP contribution is 2.15. The molecule has 0 aliphatic carbocycles. The Morgan fingerprint density at radius 3 is 2.74 bits per heavy atom. The van der Waals surface area contributed by atoms with E-state index in [2.05, 4.69) is 40.5 Å². The molecule has 0 atom stereocenters. The van der Waals surface area contributed by atoms with Crippen LogP contribution in [0.5, 0.6) is 0 Å². The van der Waals surface area contributed by atoms with Crippen molar-refractivity contribution >= 4 is 11.8 Å². The van der Waals surface area contributed by atoms with E-state index in [-0.39, 0.29) is 0 Å². The number of anilines is 1. The van der Waals surface area contributed by atoms with Gasteiger partial charge in [-0.3, -0.25) is 0 Å². The van der Waals surface area contributed by atoms with E-state index < -0.39 is 0 Å². The highest BCUT2D eigenvalue weighted by Gasteiger charge is 2.05. The van der Waals surface area contributed by atoms with Gasteiger partial charge in [-0.25, -0.2) is 9.98 Å². The lowest BCUT2D eigenvalue weighted by Crippen LogP contribution is -2.37. The van der Waals surface area contributed by atoms with E-state index in [0.29, 0.717) is 6.54 Å². The lowest BCUT2D eigenvalue weighted by molar-refractivity contribution is 0.785. The van der Waals surface area contributed by atoms with Crippen molar-refractivity contribution in [1.29, 1.82) is 0 Å². The Balaban J connectivity index is 2.76. The summed E-state index contributed by atoms with van der Waals surface area (Å²) < 4.78 is 0. The van der Waals surface area contributed by atoms with E-state index in [1.807, 2.05) is 31.3 Å². The van der Waals surface area contributed by atoms with Gasteiger partial charge < -0.3 is 15.5 Å². The summed E-state index contributed by atoms with van der Waals surface area (Å²) in [6.07, 6.45) is 2.89. The van der Waals surface area contributed by atoms with Crippen molar-refractivity contribution in [3.63, 3.8) is 0 Å². The molecule has 0 spiro atoms. The third-order valence-corrected chi connectivity index (χ3v) is 2.59. The predicted octanol–water partition coefficient (Wildman–Crippen LogP) is 1.61. The summed E-state index contributed by atoms with van der Waals surface area (Å²) in [6, 6.07) is 4.01. The van der Waals surface area contributed by atoms with E-state index in [4.69, 9.17) is 0 Å². The first-order chi connectivity index (χ1) is 9.19. The molecule has 0 saturated carbocycles. The predicted molar refractivity (Wildman–Crippen MR) is 81.7 cm³/mol. The topological polar surface area (TPSA) is 52.6 Å². The number of rotatable bonds is 6. The van der Waals surface area contributed by atoms with Crippen LogP contribution in [-0.2, 0) is 6.54 Å². The molecule has 0 saturated heterocycles. The summed E-state index contributed by atoms with van der Waals surface area (Å²) in [7, 11) is 3.99. The number of nitrogens with one attached hydrogen (secondary N) is 2. The Kier molecular flexibility index (Phi) is 6.71. The van der Waals surface area contributed by atoms with Crippen LogP contribution >= 0.6 is 0 Å². The summed E-state index contributed by atoms with van der Waals surface area (Å²) in [5, 5.41) is 6.54. The summed E-state index contributed by atoms with van der Waals surface area (Å²) in [4.78, 5) is 11.0. The van der Waals surface area contributed by atoms with Crippen LogP contribution in [0.4, 0.5) is 5.82 Å². The van der Waals surface area contributed by atoms with Gasteiger partial charge in [0.15, 0.2) is 5.96 Å². The second kappa shape index (κ2) is 8.34. The molecule has 106 valence electrons. The average Bonchev–Trinajstić information content (AvgIpc) is 2.42. The molecule has 0 fully saturated rings. The summed E-state index contributed by atoms with van der Waals surface area (Å²) >= 11 is 0. The van der Waals surface area contributed by atoms with Crippen molar-refractivity contribution in [1.82, 2.24) is 15.6 Å². The number of nitrogens with zero attached hydrogens (tertiary/aromatic N) is 3. The monoisotopic (exact) mass is 263 g/mol. The molecule has 1 heterocycles. The maximum absolute atomic E-state index is 4.59. The fourth-order valence-corrected chi connectivity index (χ4v) is 1.71. The number of hydrogen-bond donors (Lipinski definition) is 2. The summed E-state index contributed by atoms with van der Waals surface area (Å²) in [5.74, 6) is 1.83. The van der Waals surface area contributed by atoms with Gasteiger partial charge in [0.25, 0.3) is 0 Å². The Hall–Kier alpha value is -1.78. The molecule has 5 nitrogen and oxygen atoms in total. The third kappa shape index (κ3) is 5.16. The van der Waals surface area contributed by atoms with Crippen molar-refractivity contribution in [2.75, 3.05) is 32.1 Å². The van der Waals surface area contributed by atoms with Crippen LogP contribution in [0.3, 0.4) is 0 Å². The van der Waals surface area contributed by atoms with Gasteiger partial charge in [0.2, 0.25) is 0 Å². The first-order valence-electron chi connectivity index (χ1n) is 6.82. The molecule has 0 amide bonds. The molecule has 0 aliphatic heterocycles. The maximum Gasteiger partial charge on any atom is 0.191 e. The van der Waals surface area contributed by atoms with E-state index in [1.54, 1.807) is 0 Å². The molecular weight excluding hydrogens is 238 g/mol. The number of aliphatic imine (C=N–C) groups is 1. The average molecular weight is 263 g/mol. The second-order valence-electron chi connectivity index (χ2n) is 4.50. The van der Waals surface area contributed by atoms with E-state index in [9.17, 15) is 0 Å². The van der Waals surface area contributed by atoms with Gasteiger partial charge in [0.05, 0.1) is 6.54 Å². The molecule has 0 aliphatic rings. The Labute approximate surface area is 116 Å². The minimum Gasteiger partial charge on any atom is -0.362 e. The molecule has 19 heavy (non-hydrogen) atoms. The summed E-state index contributed by atoms with van der Waals surface area (Å²) in [5.41, 5.74) is 1.13. The molecule has 1 aromatic rings. The van der Waals surface area contributed by atoms with Gasteiger partial charge in [0, 0.05) is 38.9 Å². The zero-order valence-corrected chi connectivity index (χ0v) is 12.4. The highest BCUT2D eigenvalue weighted by molar-refractivity contribution is 5.79. The highest BCUT2D eigenvalue weighted by atomic mass is 15.2.